The van der Waals surface area contributed by atoms with E-state index in [0.717, 1.165) is 23.4 Å². The molecular weight excluding hydrogens is 246 g/mol. The van der Waals surface area contributed by atoms with Gasteiger partial charge in [-0.2, -0.15) is 0 Å². The summed E-state index contributed by atoms with van der Waals surface area (Å²) in [6.07, 6.45) is 0. The number of rotatable bonds is 3. The molecule has 2 heteroatoms. The molecule has 2 nitrogen and oxygen atoms in total. The summed E-state index contributed by atoms with van der Waals surface area (Å²) in [5.41, 5.74) is 8.06. The van der Waals surface area contributed by atoms with Crippen molar-refractivity contribution in [1.82, 2.24) is 0 Å². The Kier molecular flexibility index (Phi) is 4.03. The molecule has 0 aliphatic rings. The third-order valence-electron chi connectivity index (χ3n) is 3.93. The zero-order chi connectivity index (χ0) is 14.9. The van der Waals surface area contributed by atoms with Crippen LogP contribution >= 0.6 is 0 Å². The molecule has 2 rings (SSSR count). The predicted octanol–water partition coefficient (Wildman–Crippen LogP) is 4.55. The molecule has 0 fully saturated rings. The van der Waals surface area contributed by atoms with Gasteiger partial charge in [-0.3, -0.25) is 0 Å². The summed E-state index contributed by atoms with van der Waals surface area (Å²) in [5.74, 6) is 0.382. The van der Waals surface area contributed by atoms with E-state index in [0.29, 0.717) is 5.75 Å². The van der Waals surface area contributed by atoms with Crippen molar-refractivity contribution < 1.29 is 5.11 Å². The summed E-state index contributed by atoms with van der Waals surface area (Å²) >= 11 is 0. The van der Waals surface area contributed by atoms with Gasteiger partial charge in [0.05, 0.1) is 0 Å². The maximum absolute atomic E-state index is 9.99. The van der Waals surface area contributed by atoms with Crippen molar-refractivity contribution in [3.63, 3.8) is 0 Å². The third kappa shape index (κ3) is 2.79. The highest BCUT2D eigenvalue weighted by Gasteiger charge is 2.08. The molecule has 0 saturated carbocycles. The zero-order valence-electron chi connectivity index (χ0n) is 13.0. The molecule has 0 heterocycles. The zero-order valence-corrected chi connectivity index (χ0v) is 13.0. The fourth-order valence-electron chi connectivity index (χ4n) is 2.70. The van der Waals surface area contributed by atoms with Gasteiger partial charge in [0.25, 0.3) is 0 Å². The number of anilines is 1. The minimum absolute atomic E-state index is 0.382. The van der Waals surface area contributed by atoms with Crippen LogP contribution in [0.5, 0.6) is 5.75 Å². The van der Waals surface area contributed by atoms with Gasteiger partial charge in [-0.05, 0) is 62.9 Å². The van der Waals surface area contributed by atoms with Gasteiger partial charge in [-0.25, -0.2) is 0 Å². The van der Waals surface area contributed by atoms with Gasteiger partial charge in [-0.15, -0.1) is 0 Å². The van der Waals surface area contributed by atoms with E-state index >= 15 is 0 Å². The van der Waals surface area contributed by atoms with E-state index < -0.39 is 0 Å². The molecule has 2 N–H and O–H groups in total. The Balaban J connectivity index is 2.24. The van der Waals surface area contributed by atoms with Crippen molar-refractivity contribution in [1.29, 1.82) is 0 Å². The number of hydrogen-bond acceptors (Lipinski definition) is 2. The molecular formula is C18H23NO. The van der Waals surface area contributed by atoms with Crippen LogP contribution in [-0.4, -0.2) is 5.11 Å². The van der Waals surface area contributed by atoms with Gasteiger partial charge in [-0.1, -0.05) is 23.8 Å². The van der Waals surface area contributed by atoms with Gasteiger partial charge < -0.3 is 10.4 Å². The molecule has 0 radical (unpaired) electrons. The van der Waals surface area contributed by atoms with Crippen LogP contribution in [0, 0.1) is 34.6 Å². The lowest BCUT2D eigenvalue weighted by Crippen LogP contribution is -2.05. The van der Waals surface area contributed by atoms with Crippen molar-refractivity contribution >= 4 is 5.69 Å². The highest BCUT2D eigenvalue weighted by Crippen LogP contribution is 2.28. The molecule has 2 aromatic carbocycles. The highest BCUT2D eigenvalue weighted by atomic mass is 16.3. The molecule has 0 unspecified atom stereocenters. The van der Waals surface area contributed by atoms with Gasteiger partial charge in [0.1, 0.15) is 5.75 Å². The van der Waals surface area contributed by atoms with Crippen molar-refractivity contribution in [2.45, 2.75) is 41.2 Å². The monoisotopic (exact) mass is 269 g/mol. The largest absolute Gasteiger partial charge is 0.507 e. The van der Waals surface area contributed by atoms with Crippen LogP contribution in [0.15, 0.2) is 24.3 Å². The molecule has 0 spiro atoms. The number of hydrogen-bond donors (Lipinski definition) is 2. The van der Waals surface area contributed by atoms with Crippen LogP contribution in [0.4, 0.5) is 5.69 Å². The maximum Gasteiger partial charge on any atom is 0.123 e. The first kappa shape index (κ1) is 14.4. The van der Waals surface area contributed by atoms with Crippen molar-refractivity contribution in [2.24, 2.45) is 0 Å². The topological polar surface area (TPSA) is 32.3 Å². The molecule has 2 aromatic rings. The Morgan fingerprint density at radius 1 is 0.900 bits per heavy atom. The predicted molar refractivity (Wildman–Crippen MR) is 85.6 cm³/mol. The average molecular weight is 269 g/mol. The van der Waals surface area contributed by atoms with Crippen LogP contribution < -0.4 is 5.32 Å². The molecule has 20 heavy (non-hydrogen) atoms. The fraction of sp³-hybridized carbons (Fsp3) is 0.333. The Bertz CT molecular complexity index is 621. The first-order valence-electron chi connectivity index (χ1n) is 7.00. The van der Waals surface area contributed by atoms with E-state index in [9.17, 15) is 5.11 Å². The molecule has 0 atom stereocenters. The van der Waals surface area contributed by atoms with Gasteiger partial charge in [0.15, 0.2) is 0 Å². The second-order valence-corrected chi connectivity index (χ2v) is 5.63. The Morgan fingerprint density at radius 2 is 1.50 bits per heavy atom. The normalized spacial score (nSPS) is 10.7. The first-order chi connectivity index (χ1) is 9.40. The Labute approximate surface area is 121 Å². The number of phenols is 1. The summed E-state index contributed by atoms with van der Waals surface area (Å²) in [5, 5.41) is 13.4. The smallest absolute Gasteiger partial charge is 0.123 e. The van der Waals surface area contributed by atoms with Crippen LogP contribution in [0.1, 0.15) is 33.4 Å². The van der Waals surface area contributed by atoms with Gasteiger partial charge >= 0.3 is 0 Å². The van der Waals surface area contributed by atoms with E-state index in [2.05, 4.69) is 38.2 Å². The number of nitrogens with one attached hydrogen (secondary N) is 1. The number of aromatic hydroxyl groups is 1. The standard InChI is InChI=1S/C18H23NO/c1-11-8-13(3)16(14(4)9-11)10-19-17-7-6-12(2)18(20)15(17)5/h6-9,19-20H,10H2,1-5H3. The summed E-state index contributed by atoms with van der Waals surface area (Å²) in [4.78, 5) is 0. The van der Waals surface area contributed by atoms with Crippen molar-refractivity contribution in [3.8, 4) is 5.75 Å². The molecule has 106 valence electrons. The Morgan fingerprint density at radius 3 is 2.10 bits per heavy atom. The molecule has 0 bridgehead atoms. The number of aryl methyl sites for hydroxylation is 4. The van der Waals surface area contributed by atoms with E-state index in [1.54, 1.807) is 0 Å². The number of phenolic OH excluding ortho intramolecular Hbond substituents is 1. The first-order valence-corrected chi connectivity index (χ1v) is 7.00. The SMILES string of the molecule is Cc1cc(C)c(CNc2ccc(C)c(O)c2C)c(C)c1. The maximum atomic E-state index is 9.99. The van der Waals surface area contributed by atoms with Gasteiger partial charge in [0, 0.05) is 17.8 Å². The fourth-order valence-corrected chi connectivity index (χ4v) is 2.70. The minimum atomic E-state index is 0.382. The van der Waals surface area contributed by atoms with Crippen molar-refractivity contribution in [3.05, 3.63) is 57.6 Å². The lowest BCUT2D eigenvalue weighted by molar-refractivity contribution is 0.467. The van der Waals surface area contributed by atoms with E-state index in [-0.39, 0.29) is 0 Å². The summed E-state index contributed by atoms with van der Waals surface area (Å²) in [6, 6.07) is 8.40. The minimum Gasteiger partial charge on any atom is -0.507 e. The van der Waals surface area contributed by atoms with E-state index in [4.69, 9.17) is 0 Å². The summed E-state index contributed by atoms with van der Waals surface area (Å²) < 4.78 is 0. The van der Waals surface area contributed by atoms with Gasteiger partial charge in [0.2, 0.25) is 0 Å². The molecule has 0 amide bonds. The van der Waals surface area contributed by atoms with E-state index in [1.165, 1.54) is 22.3 Å². The lowest BCUT2D eigenvalue weighted by atomic mass is 9.99. The third-order valence-corrected chi connectivity index (χ3v) is 3.93. The molecule has 0 aliphatic heterocycles. The molecule has 0 aliphatic carbocycles. The average Bonchev–Trinajstić information content (AvgIpc) is 2.37. The van der Waals surface area contributed by atoms with E-state index in [1.807, 2.05) is 26.0 Å². The number of benzene rings is 2. The lowest BCUT2D eigenvalue weighted by Gasteiger charge is -2.16. The van der Waals surface area contributed by atoms with Crippen molar-refractivity contribution in [2.75, 3.05) is 5.32 Å². The second-order valence-electron chi connectivity index (χ2n) is 5.63. The Hall–Kier alpha value is -1.96. The summed E-state index contributed by atoms with van der Waals surface area (Å²) in [6.45, 7) is 11.1. The van der Waals surface area contributed by atoms with Crippen LogP contribution in [0.25, 0.3) is 0 Å². The highest BCUT2D eigenvalue weighted by molar-refractivity contribution is 5.59. The molecule has 0 aromatic heterocycles. The molecule has 0 saturated heterocycles. The van der Waals surface area contributed by atoms with Crippen LogP contribution in [0.2, 0.25) is 0 Å². The quantitative estimate of drug-likeness (QED) is 0.857. The van der Waals surface area contributed by atoms with Crippen LogP contribution in [0.3, 0.4) is 0 Å². The second kappa shape index (κ2) is 5.58. The van der Waals surface area contributed by atoms with Crippen LogP contribution in [-0.2, 0) is 6.54 Å². The summed E-state index contributed by atoms with van der Waals surface area (Å²) in [7, 11) is 0.